The molecule has 5 rings (SSSR count). The third kappa shape index (κ3) is 1.60. The third-order valence-electron chi connectivity index (χ3n) is 5.02. The van der Waals surface area contributed by atoms with Crippen LogP contribution >= 0.6 is 11.8 Å². The van der Waals surface area contributed by atoms with Crippen molar-refractivity contribution in [2.45, 2.75) is 42.4 Å². The van der Waals surface area contributed by atoms with Crippen LogP contribution in [-0.2, 0) is 0 Å². The Kier molecular flexibility index (Phi) is 2.44. The average molecular weight is 260 g/mol. The van der Waals surface area contributed by atoms with Crippen molar-refractivity contribution in [2.75, 3.05) is 0 Å². The quantitative estimate of drug-likeness (QED) is 0.817. The highest BCUT2D eigenvalue weighted by Crippen LogP contribution is 2.58. The Labute approximate surface area is 111 Å². The van der Waals surface area contributed by atoms with Gasteiger partial charge in [-0.2, -0.15) is 5.26 Å². The van der Waals surface area contributed by atoms with Gasteiger partial charge in [0.15, 0.2) is 17.2 Å². The first-order valence-electron chi connectivity index (χ1n) is 6.83. The highest BCUT2D eigenvalue weighted by molar-refractivity contribution is 7.99. The third-order valence-corrected chi connectivity index (χ3v) is 6.57. The summed E-state index contributed by atoms with van der Waals surface area (Å²) in [6.45, 7) is 0. The van der Waals surface area contributed by atoms with Crippen molar-refractivity contribution in [1.82, 2.24) is 4.98 Å². The molecule has 4 fully saturated rings. The van der Waals surface area contributed by atoms with Crippen molar-refractivity contribution in [2.24, 2.45) is 23.7 Å². The van der Waals surface area contributed by atoms with Gasteiger partial charge in [0.25, 0.3) is 0 Å². The monoisotopic (exact) mass is 260 g/mol. The molecule has 94 valence electrons. The lowest BCUT2D eigenvalue weighted by molar-refractivity contribution is 0.0265. The van der Waals surface area contributed by atoms with Gasteiger partial charge in [0.1, 0.15) is 6.07 Å². The van der Waals surface area contributed by atoms with Gasteiger partial charge in [0.05, 0.1) is 0 Å². The van der Waals surface area contributed by atoms with Crippen molar-refractivity contribution in [3.8, 4) is 6.07 Å². The average Bonchev–Trinajstić information content (AvgIpc) is 2.80. The number of thioether (sulfide) groups is 1. The fourth-order valence-electron chi connectivity index (χ4n) is 4.58. The molecule has 1 aromatic heterocycles. The summed E-state index contributed by atoms with van der Waals surface area (Å²) in [4.78, 5) is 3.97. The van der Waals surface area contributed by atoms with E-state index in [2.05, 4.69) is 11.1 Å². The molecule has 4 bridgehead atoms. The van der Waals surface area contributed by atoms with Crippen LogP contribution < -0.4 is 0 Å². The molecule has 0 saturated heterocycles. The fraction of sp³-hybridized carbons (Fsp3) is 0.714. The van der Waals surface area contributed by atoms with Crippen LogP contribution in [0.2, 0.25) is 0 Å². The summed E-state index contributed by atoms with van der Waals surface area (Å²) in [5, 5.41) is 10.4. The molecule has 18 heavy (non-hydrogen) atoms. The molecule has 0 atom stereocenters. The standard InChI is InChI=1S/C14H16N2OS/c15-6-12-14(17-7-16-12)18-13-10-2-8-1-9(4-10)5-11(13)3-8/h7-11,13H,1-5H2. The summed E-state index contributed by atoms with van der Waals surface area (Å²) >= 11 is 1.79. The van der Waals surface area contributed by atoms with E-state index in [9.17, 15) is 0 Å². The van der Waals surface area contributed by atoms with E-state index in [1.54, 1.807) is 11.8 Å². The van der Waals surface area contributed by atoms with Crippen molar-refractivity contribution in [3.63, 3.8) is 0 Å². The predicted molar refractivity (Wildman–Crippen MR) is 67.9 cm³/mol. The highest BCUT2D eigenvalue weighted by atomic mass is 32.2. The fourth-order valence-corrected chi connectivity index (χ4v) is 5.97. The number of nitriles is 1. The van der Waals surface area contributed by atoms with Crippen molar-refractivity contribution >= 4 is 11.8 Å². The summed E-state index contributed by atoms with van der Waals surface area (Å²) in [5.41, 5.74) is 0.466. The van der Waals surface area contributed by atoms with Gasteiger partial charge in [0, 0.05) is 5.25 Å². The van der Waals surface area contributed by atoms with Gasteiger partial charge in [-0.3, -0.25) is 0 Å². The molecule has 4 heteroatoms. The molecular formula is C14H16N2OS. The van der Waals surface area contributed by atoms with Crippen LogP contribution in [0.3, 0.4) is 0 Å². The van der Waals surface area contributed by atoms with E-state index in [1.807, 2.05) is 0 Å². The second-order valence-corrected chi connectivity index (χ2v) is 7.26. The van der Waals surface area contributed by atoms with Gasteiger partial charge >= 0.3 is 0 Å². The molecule has 0 radical (unpaired) electrons. The summed E-state index contributed by atoms with van der Waals surface area (Å²) in [7, 11) is 0. The van der Waals surface area contributed by atoms with E-state index in [4.69, 9.17) is 9.68 Å². The van der Waals surface area contributed by atoms with E-state index < -0.39 is 0 Å². The number of rotatable bonds is 2. The zero-order chi connectivity index (χ0) is 12.1. The Morgan fingerprint density at radius 3 is 2.44 bits per heavy atom. The molecule has 0 aliphatic heterocycles. The van der Waals surface area contributed by atoms with Gasteiger partial charge in [-0.05, 0) is 55.8 Å². The van der Waals surface area contributed by atoms with Crippen molar-refractivity contribution in [3.05, 3.63) is 12.1 Å². The Morgan fingerprint density at radius 1 is 1.17 bits per heavy atom. The van der Waals surface area contributed by atoms with Gasteiger partial charge in [-0.1, -0.05) is 11.8 Å². The van der Waals surface area contributed by atoms with Gasteiger partial charge in [-0.15, -0.1) is 0 Å². The number of oxazole rings is 1. The molecule has 0 spiro atoms. The van der Waals surface area contributed by atoms with Crippen LogP contribution in [0, 0.1) is 35.0 Å². The number of aromatic nitrogens is 1. The Bertz CT molecular complexity index is 476. The smallest absolute Gasteiger partial charge is 0.199 e. The van der Waals surface area contributed by atoms with E-state index in [-0.39, 0.29) is 0 Å². The van der Waals surface area contributed by atoms with Crippen LogP contribution in [-0.4, -0.2) is 10.2 Å². The Morgan fingerprint density at radius 2 is 1.83 bits per heavy atom. The SMILES string of the molecule is N#Cc1ncoc1SC1C2CC3CC(C2)CC1C3. The maximum Gasteiger partial charge on any atom is 0.199 e. The molecule has 0 unspecified atom stereocenters. The topological polar surface area (TPSA) is 49.8 Å². The molecule has 0 N–H and O–H groups in total. The van der Waals surface area contributed by atoms with Gasteiger partial charge in [-0.25, -0.2) is 4.98 Å². The maximum atomic E-state index is 9.00. The van der Waals surface area contributed by atoms with Crippen LogP contribution in [0.1, 0.15) is 37.8 Å². The zero-order valence-corrected chi connectivity index (χ0v) is 11.0. The molecule has 0 amide bonds. The van der Waals surface area contributed by atoms with Gasteiger partial charge in [0.2, 0.25) is 0 Å². The molecule has 1 heterocycles. The van der Waals surface area contributed by atoms with Crippen molar-refractivity contribution < 1.29 is 4.42 Å². The van der Waals surface area contributed by atoms with Crippen LogP contribution in [0.15, 0.2) is 15.9 Å². The molecule has 0 aromatic carbocycles. The molecule has 1 aromatic rings. The van der Waals surface area contributed by atoms with E-state index >= 15 is 0 Å². The summed E-state index contributed by atoms with van der Waals surface area (Å²) in [6, 6.07) is 2.12. The first kappa shape index (κ1) is 10.9. The molecular weight excluding hydrogens is 244 g/mol. The minimum Gasteiger partial charge on any atom is -0.436 e. The number of hydrogen-bond donors (Lipinski definition) is 0. The Balaban J connectivity index is 1.57. The van der Waals surface area contributed by atoms with Crippen molar-refractivity contribution in [1.29, 1.82) is 5.26 Å². The lowest BCUT2D eigenvalue weighted by atomic mass is 9.56. The summed E-state index contributed by atoms with van der Waals surface area (Å²) < 4.78 is 5.39. The largest absolute Gasteiger partial charge is 0.436 e. The molecule has 4 aliphatic carbocycles. The van der Waals surface area contributed by atoms with E-state index in [1.165, 1.54) is 38.5 Å². The lowest BCUT2D eigenvalue weighted by Gasteiger charge is -2.53. The summed E-state index contributed by atoms with van der Waals surface area (Å²) in [5.74, 6) is 3.69. The number of nitrogens with zero attached hydrogens (tertiary/aromatic N) is 2. The van der Waals surface area contributed by atoms with E-state index in [0.717, 1.165) is 28.8 Å². The van der Waals surface area contributed by atoms with E-state index in [0.29, 0.717) is 10.9 Å². The zero-order valence-electron chi connectivity index (χ0n) is 10.2. The lowest BCUT2D eigenvalue weighted by Crippen LogP contribution is -2.46. The predicted octanol–water partition coefficient (Wildman–Crippen LogP) is 3.46. The number of hydrogen-bond acceptors (Lipinski definition) is 4. The molecule has 4 saturated carbocycles. The Hall–Kier alpha value is -0.950. The first-order valence-corrected chi connectivity index (χ1v) is 7.71. The van der Waals surface area contributed by atoms with Crippen LogP contribution in [0.25, 0.3) is 0 Å². The second-order valence-electron chi connectivity index (χ2n) is 6.11. The molecule has 3 nitrogen and oxygen atoms in total. The first-order chi connectivity index (χ1) is 8.83. The second kappa shape index (κ2) is 4.03. The summed E-state index contributed by atoms with van der Waals surface area (Å²) in [6.07, 6.45) is 8.50. The molecule has 4 aliphatic rings. The minimum absolute atomic E-state index is 0.466. The normalized spacial score (nSPS) is 40.9. The van der Waals surface area contributed by atoms with Crippen LogP contribution in [0.5, 0.6) is 0 Å². The van der Waals surface area contributed by atoms with Gasteiger partial charge < -0.3 is 4.42 Å². The highest BCUT2D eigenvalue weighted by Gasteiger charge is 2.48. The maximum absolute atomic E-state index is 9.00. The van der Waals surface area contributed by atoms with Crippen LogP contribution in [0.4, 0.5) is 0 Å². The minimum atomic E-state index is 0.466.